The van der Waals surface area contributed by atoms with Crippen LogP contribution in [0.25, 0.3) is 11.0 Å². The third-order valence-corrected chi connectivity index (χ3v) is 8.12. The summed E-state index contributed by atoms with van der Waals surface area (Å²) >= 11 is 1.52. The van der Waals surface area contributed by atoms with Crippen molar-refractivity contribution >= 4 is 52.2 Å². The minimum Gasteiger partial charge on any atom is -0.445 e. The lowest BCUT2D eigenvalue weighted by atomic mass is 10.0. The minimum atomic E-state index is -0.986. The first-order valence-corrected chi connectivity index (χ1v) is 17.0. The molecule has 3 aromatic rings. The average Bonchev–Trinajstić information content (AvgIpc) is 3.04. The zero-order chi connectivity index (χ0) is 34.3. The molecule has 47 heavy (non-hydrogen) atoms. The van der Waals surface area contributed by atoms with Crippen molar-refractivity contribution in [3.63, 3.8) is 0 Å². The predicted molar refractivity (Wildman–Crippen MR) is 184 cm³/mol. The van der Waals surface area contributed by atoms with Gasteiger partial charge in [0.1, 0.15) is 30.3 Å². The standard InChI is InChI=1S/C34H45N5O7S/c1-21(2)30(39-34(44)45-20-23-10-6-5-7-11-23)33(43)38-26(12-8-9-16-35)32(42)37-27(15-17-47-4)31(41)36-24-13-14-25-22(3)18-29(40)46-28(25)19-24/h5-7,10-11,13-14,18-19,21,26-27,30H,8-9,12,15-17,20,35H2,1-4H3,(H,36,41)(H,37,42)(H,38,43)(H,39,44). The molecule has 0 bridgehead atoms. The van der Waals surface area contributed by atoms with Gasteiger partial charge in [0, 0.05) is 23.2 Å². The number of nitrogens with two attached hydrogens (primary N) is 1. The fourth-order valence-corrected chi connectivity index (χ4v) is 5.33. The molecule has 1 aromatic heterocycles. The number of carbonyl (C=O) groups excluding carboxylic acids is 4. The molecule has 6 N–H and O–H groups in total. The van der Waals surface area contributed by atoms with Crippen LogP contribution in [0.15, 0.2) is 63.8 Å². The number of ether oxygens (including phenoxy) is 1. The first kappa shape index (κ1) is 37.1. The summed E-state index contributed by atoms with van der Waals surface area (Å²) in [7, 11) is 0. The Kier molecular flexibility index (Phi) is 14.8. The van der Waals surface area contributed by atoms with Gasteiger partial charge in [-0.3, -0.25) is 14.4 Å². The molecule has 0 aliphatic rings. The van der Waals surface area contributed by atoms with Gasteiger partial charge in [0.2, 0.25) is 17.7 Å². The third-order valence-electron chi connectivity index (χ3n) is 7.48. The van der Waals surface area contributed by atoms with E-state index in [4.69, 9.17) is 14.9 Å². The molecule has 2 aromatic carbocycles. The summed E-state index contributed by atoms with van der Waals surface area (Å²) in [6.07, 6.45) is 2.92. The number of carbonyl (C=O) groups is 4. The molecule has 0 aliphatic heterocycles. The third kappa shape index (κ3) is 11.7. The SMILES string of the molecule is CSCCC(NC(=O)C(CCCCN)NC(=O)C(NC(=O)OCc1ccccc1)C(C)C)C(=O)Nc1ccc2c(C)cc(=O)oc2c1. The summed E-state index contributed by atoms with van der Waals surface area (Å²) in [6.45, 7) is 5.79. The molecule has 254 valence electrons. The molecular weight excluding hydrogens is 622 g/mol. The van der Waals surface area contributed by atoms with E-state index in [-0.39, 0.29) is 18.9 Å². The average molecular weight is 668 g/mol. The molecule has 13 heteroatoms. The number of nitrogens with one attached hydrogen (secondary N) is 4. The molecule has 0 spiro atoms. The van der Waals surface area contributed by atoms with Crippen molar-refractivity contribution in [1.29, 1.82) is 0 Å². The van der Waals surface area contributed by atoms with Crippen molar-refractivity contribution in [2.45, 2.75) is 71.2 Å². The summed E-state index contributed by atoms with van der Waals surface area (Å²) in [5, 5.41) is 11.7. The second-order valence-electron chi connectivity index (χ2n) is 11.6. The van der Waals surface area contributed by atoms with Gasteiger partial charge in [-0.25, -0.2) is 9.59 Å². The van der Waals surface area contributed by atoms with Gasteiger partial charge >= 0.3 is 11.7 Å². The van der Waals surface area contributed by atoms with Crippen LogP contribution < -0.4 is 32.6 Å². The molecule has 3 atom stereocenters. The van der Waals surface area contributed by atoms with Crippen LogP contribution in [0.1, 0.15) is 50.7 Å². The van der Waals surface area contributed by atoms with E-state index in [1.807, 2.05) is 36.6 Å². The Labute approximate surface area is 278 Å². The summed E-state index contributed by atoms with van der Waals surface area (Å²) in [5.41, 5.74) is 7.46. The normalized spacial score (nSPS) is 13.0. The number of aryl methyl sites for hydroxylation is 1. The van der Waals surface area contributed by atoms with Crippen molar-refractivity contribution in [1.82, 2.24) is 16.0 Å². The predicted octanol–water partition coefficient (Wildman–Crippen LogP) is 3.84. The van der Waals surface area contributed by atoms with Crippen LogP contribution in [-0.4, -0.2) is 60.5 Å². The van der Waals surface area contributed by atoms with Crippen LogP contribution in [0.4, 0.5) is 10.5 Å². The van der Waals surface area contributed by atoms with Crippen LogP contribution in [0, 0.1) is 12.8 Å². The van der Waals surface area contributed by atoms with E-state index in [2.05, 4.69) is 21.3 Å². The molecule has 0 aliphatic carbocycles. The van der Waals surface area contributed by atoms with Crippen LogP contribution in [0.2, 0.25) is 0 Å². The van der Waals surface area contributed by atoms with Gasteiger partial charge in [-0.05, 0) is 80.3 Å². The first-order valence-electron chi connectivity index (χ1n) is 15.6. The number of amides is 4. The van der Waals surface area contributed by atoms with Gasteiger partial charge in [-0.1, -0.05) is 44.2 Å². The monoisotopic (exact) mass is 667 g/mol. The molecule has 0 radical (unpaired) electrons. The molecule has 0 saturated heterocycles. The number of unbranched alkanes of at least 4 members (excludes halogenated alkanes) is 1. The van der Waals surface area contributed by atoms with E-state index in [0.717, 1.165) is 16.5 Å². The maximum atomic E-state index is 13.6. The molecule has 1 heterocycles. The topological polar surface area (TPSA) is 182 Å². The summed E-state index contributed by atoms with van der Waals surface area (Å²) in [6, 6.07) is 12.7. The van der Waals surface area contributed by atoms with Gasteiger partial charge in [0.15, 0.2) is 0 Å². The largest absolute Gasteiger partial charge is 0.445 e. The highest BCUT2D eigenvalue weighted by molar-refractivity contribution is 7.98. The number of hydrogen-bond donors (Lipinski definition) is 5. The quantitative estimate of drug-likeness (QED) is 0.106. The lowest BCUT2D eigenvalue weighted by molar-refractivity contribution is -0.132. The zero-order valence-electron chi connectivity index (χ0n) is 27.3. The number of hydrogen-bond acceptors (Lipinski definition) is 9. The van der Waals surface area contributed by atoms with Crippen molar-refractivity contribution in [2.24, 2.45) is 11.7 Å². The summed E-state index contributed by atoms with van der Waals surface area (Å²) < 4.78 is 10.6. The van der Waals surface area contributed by atoms with Crippen LogP contribution in [0.3, 0.4) is 0 Å². The van der Waals surface area contributed by atoms with E-state index in [1.54, 1.807) is 39.0 Å². The maximum absolute atomic E-state index is 13.6. The zero-order valence-corrected chi connectivity index (χ0v) is 28.1. The lowest BCUT2D eigenvalue weighted by Crippen LogP contribution is -2.57. The van der Waals surface area contributed by atoms with E-state index in [1.165, 1.54) is 17.8 Å². The summed E-state index contributed by atoms with van der Waals surface area (Å²) in [4.78, 5) is 64.9. The van der Waals surface area contributed by atoms with Gasteiger partial charge in [0.05, 0.1) is 0 Å². The Morgan fingerprint density at radius 2 is 1.60 bits per heavy atom. The smallest absolute Gasteiger partial charge is 0.408 e. The first-order chi connectivity index (χ1) is 22.5. The van der Waals surface area contributed by atoms with E-state index in [9.17, 15) is 24.0 Å². The fourth-order valence-electron chi connectivity index (χ4n) is 4.86. The Bertz CT molecular complexity index is 1560. The Hall–Kier alpha value is -4.36. The number of benzene rings is 2. The highest BCUT2D eigenvalue weighted by Gasteiger charge is 2.31. The number of thioether (sulfide) groups is 1. The van der Waals surface area contributed by atoms with Gasteiger partial charge < -0.3 is 36.2 Å². The lowest BCUT2D eigenvalue weighted by Gasteiger charge is -2.26. The number of alkyl carbamates (subject to hydrolysis) is 1. The summed E-state index contributed by atoms with van der Waals surface area (Å²) in [5.74, 6) is -1.29. The van der Waals surface area contributed by atoms with Crippen molar-refractivity contribution in [3.8, 4) is 0 Å². The van der Waals surface area contributed by atoms with Crippen LogP contribution >= 0.6 is 11.8 Å². The fraction of sp³-hybridized carbons (Fsp3) is 0.441. The second kappa shape index (κ2) is 18.7. The molecule has 4 amide bonds. The molecule has 3 rings (SSSR count). The molecule has 0 saturated carbocycles. The van der Waals surface area contributed by atoms with Crippen molar-refractivity contribution < 1.29 is 28.3 Å². The molecule has 0 fully saturated rings. The highest BCUT2D eigenvalue weighted by Crippen LogP contribution is 2.21. The Balaban J connectivity index is 1.71. The minimum absolute atomic E-state index is 0.0377. The van der Waals surface area contributed by atoms with Crippen LogP contribution in [0.5, 0.6) is 0 Å². The molecular formula is C34H45N5O7S. The van der Waals surface area contributed by atoms with Gasteiger partial charge in [-0.15, -0.1) is 0 Å². The van der Waals surface area contributed by atoms with E-state index < -0.39 is 47.6 Å². The number of rotatable bonds is 17. The number of fused-ring (bicyclic) bond motifs is 1. The van der Waals surface area contributed by atoms with Crippen molar-refractivity contribution in [2.75, 3.05) is 23.9 Å². The molecule has 3 unspecified atom stereocenters. The Morgan fingerprint density at radius 3 is 2.28 bits per heavy atom. The van der Waals surface area contributed by atoms with Gasteiger partial charge in [0.25, 0.3) is 0 Å². The highest BCUT2D eigenvalue weighted by atomic mass is 32.2. The number of anilines is 1. The van der Waals surface area contributed by atoms with Crippen LogP contribution in [-0.2, 0) is 25.7 Å². The van der Waals surface area contributed by atoms with Crippen molar-refractivity contribution in [3.05, 3.63) is 76.1 Å². The Morgan fingerprint density at radius 1 is 0.894 bits per heavy atom. The maximum Gasteiger partial charge on any atom is 0.408 e. The van der Waals surface area contributed by atoms with E-state index in [0.29, 0.717) is 42.8 Å². The molecule has 12 nitrogen and oxygen atoms in total. The van der Waals surface area contributed by atoms with E-state index >= 15 is 0 Å². The van der Waals surface area contributed by atoms with Gasteiger partial charge in [-0.2, -0.15) is 11.8 Å². The second-order valence-corrected chi connectivity index (χ2v) is 12.6.